The smallest absolute Gasteiger partial charge is 0.293 e. The number of anilines is 1. The van der Waals surface area contributed by atoms with E-state index in [2.05, 4.69) is 4.90 Å². The Bertz CT molecular complexity index is 609. The van der Waals surface area contributed by atoms with Crippen molar-refractivity contribution in [3.63, 3.8) is 0 Å². The summed E-state index contributed by atoms with van der Waals surface area (Å²) in [5.74, 6) is -0.237. The van der Waals surface area contributed by atoms with Crippen LogP contribution >= 0.6 is 11.8 Å². The molecule has 2 amide bonds. The number of carbonyl (C=O) groups is 2. The number of thioether (sulfide) groups is 1. The second kappa shape index (κ2) is 6.22. The summed E-state index contributed by atoms with van der Waals surface area (Å²) in [5, 5.41) is 9.82. The van der Waals surface area contributed by atoms with Crippen molar-refractivity contribution in [2.45, 2.75) is 13.8 Å². The predicted molar refractivity (Wildman–Crippen MR) is 85.4 cm³/mol. The fourth-order valence-corrected chi connectivity index (χ4v) is 2.94. The molecule has 5 nitrogen and oxygen atoms in total. The molecule has 1 saturated heterocycles. The Kier molecular flexibility index (Phi) is 4.57. The van der Waals surface area contributed by atoms with Crippen molar-refractivity contribution in [3.8, 4) is 5.75 Å². The first-order chi connectivity index (χ1) is 9.97. The molecule has 6 heteroatoms. The summed E-state index contributed by atoms with van der Waals surface area (Å²) in [6, 6.07) is 5.33. The van der Waals surface area contributed by atoms with Crippen LogP contribution in [0.2, 0.25) is 0 Å². The SMILES string of the molecule is CCN(CC)c1ccc(/C=C2\SC(=O)N(C)C2=O)c(O)c1. The number of hydrogen-bond acceptors (Lipinski definition) is 5. The molecule has 1 heterocycles. The number of carbonyl (C=O) groups excluding carboxylic acids is 2. The van der Waals surface area contributed by atoms with E-state index in [0.717, 1.165) is 35.4 Å². The van der Waals surface area contributed by atoms with Crippen molar-refractivity contribution in [3.05, 3.63) is 28.7 Å². The number of rotatable bonds is 4. The number of benzene rings is 1. The zero-order valence-corrected chi connectivity index (χ0v) is 13.1. The van der Waals surface area contributed by atoms with E-state index < -0.39 is 0 Å². The Morgan fingerprint density at radius 2 is 1.95 bits per heavy atom. The quantitative estimate of drug-likeness (QED) is 0.867. The standard InChI is InChI=1S/C15H18N2O3S/c1-4-17(5-2)11-7-6-10(12(18)9-11)8-13-14(19)16(3)15(20)21-13/h6-9,18H,4-5H2,1-3H3/b13-8-. The number of likely N-dealkylation sites (N-methyl/N-ethyl adjacent to an activating group) is 1. The minimum atomic E-state index is -0.336. The molecule has 0 aromatic heterocycles. The van der Waals surface area contributed by atoms with Crippen LogP contribution in [0.3, 0.4) is 0 Å². The van der Waals surface area contributed by atoms with Gasteiger partial charge < -0.3 is 10.0 Å². The third kappa shape index (κ3) is 3.05. The molecule has 1 N–H and O–H groups in total. The van der Waals surface area contributed by atoms with Crippen LogP contribution in [0.1, 0.15) is 19.4 Å². The van der Waals surface area contributed by atoms with E-state index in [1.807, 2.05) is 19.9 Å². The first-order valence-corrected chi connectivity index (χ1v) is 7.59. The second-order valence-electron chi connectivity index (χ2n) is 4.66. The van der Waals surface area contributed by atoms with Crippen LogP contribution in [0, 0.1) is 0 Å². The minimum absolute atomic E-state index is 0.0994. The maximum atomic E-state index is 11.8. The molecular formula is C15H18N2O3S. The molecule has 1 aliphatic heterocycles. The van der Waals surface area contributed by atoms with Gasteiger partial charge in [-0.3, -0.25) is 14.5 Å². The maximum Gasteiger partial charge on any atom is 0.293 e. The van der Waals surface area contributed by atoms with Crippen molar-refractivity contribution in [1.29, 1.82) is 0 Å². The van der Waals surface area contributed by atoms with Crippen molar-refractivity contribution >= 4 is 34.7 Å². The summed E-state index contributed by atoms with van der Waals surface area (Å²) < 4.78 is 0. The lowest BCUT2D eigenvalue weighted by atomic mass is 10.1. The van der Waals surface area contributed by atoms with Crippen LogP contribution in [0.25, 0.3) is 6.08 Å². The molecular weight excluding hydrogens is 288 g/mol. The third-order valence-corrected chi connectivity index (χ3v) is 4.38. The summed E-state index contributed by atoms with van der Waals surface area (Å²) >= 11 is 0.882. The van der Waals surface area contributed by atoms with Crippen molar-refractivity contribution in [2.75, 3.05) is 25.0 Å². The van der Waals surface area contributed by atoms with Gasteiger partial charge in [-0.05, 0) is 43.8 Å². The first-order valence-electron chi connectivity index (χ1n) is 6.77. The van der Waals surface area contributed by atoms with Crippen molar-refractivity contribution < 1.29 is 14.7 Å². The molecule has 1 aliphatic rings. The van der Waals surface area contributed by atoms with E-state index in [4.69, 9.17) is 0 Å². The van der Waals surface area contributed by atoms with Gasteiger partial charge >= 0.3 is 0 Å². The van der Waals surface area contributed by atoms with Gasteiger partial charge in [0.15, 0.2) is 0 Å². The number of hydrogen-bond donors (Lipinski definition) is 1. The van der Waals surface area contributed by atoms with E-state index in [1.54, 1.807) is 18.2 Å². The lowest BCUT2D eigenvalue weighted by molar-refractivity contribution is -0.121. The molecule has 2 rings (SSSR count). The highest BCUT2D eigenvalue weighted by Gasteiger charge is 2.31. The van der Waals surface area contributed by atoms with Gasteiger partial charge in [0.05, 0.1) is 4.91 Å². The number of phenols is 1. The summed E-state index contributed by atoms with van der Waals surface area (Å²) in [6.07, 6.45) is 1.55. The second-order valence-corrected chi connectivity index (χ2v) is 5.65. The average molecular weight is 306 g/mol. The molecule has 0 unspecified atom stereocenters. The van der Waals surface area contributed by atoms with Crippen molar-refractivity contribution in [2.24, 2.45) is 0 Å². The van der Waals surface area contributed by atoms with E-state index in [-0.39, 0.29) is 16.9 Å². The molecule has 21 heavy (non-hydrogen) atoms. The monoisotopic (exact) mass is 306 g/mol. The molecule has 1 aromatic rings. The van der Waals surface area contributed by atoms with Gasteiger partial charge in [0.1, 0.15) is 5.75 Å². The molecule has 0 spiro atoms. The summed E-state index contributed by atoms with van der Waals surface area (Å²) in [4.78, 5) is 26.8. The van der Waals surface area contributed by atoms with Crippen LogP contribution in [0.15, 0.2) is 23.1 Å². The maximum absolute atomic E-state index is 11.8. The van der Waals surface area contributed by atoms with Gasteiger partial charge in [0.25, 0.3) is 11.1 Å². The summed E-state index contributed by atoms with van der Waals surface area (Å²) in [7, 11) is 1.45. The fourth-order valence-electron chi connectivity index (χ4n) is 2.13. The zero-order valence-electron chi connectivity index (χ0n) is 12.3. The number of aromatic hydroxyl groups is 1. The Hall–Kier alpha value is -1.95. The highest BCUT2D eigenvalue weighted by molar-refractivity contribution is 8.18. The van der Waals surface area contributed by atoms with Crippen LogP contribution in [-0.4, -0.2) is 41.3 Å². The highest BCUT2D eigenvalue weighted by atomic mass is 32.2. The zero-order chi connectivity index (χ0) is 15.6. The fraction of sp³-hybridized carbons (Fsp3) is 0.333. The van der Waals surface area contributed by atoms with Crippen molar-refractivity contribution in [1.82, 2.24) is 4.90 Å². The highest BCUT2D eigenvalue weighted by Crippen LogP contribution is 2.33. The Morgan fingerprint density at radius 3 is 2.43 bits per heavy atom. The van der Waals surface area contributed by atoms with E-state index in [9.17, 15) is 14.7 Å². The topological polar surface area (TPSA) is 60.9 Å². The normalized spacial score (nSPS) is 16.9. The van der Waals surface area contributed by atoms with E-state index >= 15 is 0 Å². The Morgan fingerprint density at radius 1 is 1.29 bits per heavy atom. The number of phenolic OH excluding ortho intramolecular Hbond substituents is 1. The Balaban J connectivity index is 2.30. The van der Waals surface area contributed by atoms with Crippen LogP contribution in [0.5, 0.6) is 5.75 Å². The largest absolute Gasteiger partial charge is 0.507 e. The van der Waals surface area contributed by atoms with E-state index in [1.165, 1.54) is 7.05 Å². The molecule has 0 radical (unpaired) electrons. The number of nitrogens with zero attached hydrogens (tertiary/aromatic N) is 2. The van der Waals surface area contributed by atoms with Gasteiger partial charge in [-0.15, -0.1) is 0 Å². The molecule has 0 atom stereocenters. The molecule has 0 saturated carbocycles. The lowest BCUT2D eigenvalue weighted by Crippen LogP contribution is -2.22. The lowest BCUT2D eigenvalue weighted by Gasteiger charge is -2.21. The molecule has 0 bridgehead atoms. The van der Waals surface area contributed by atoms with Crippen LogP contribution < -0.4 is 4.90 Å². The van der Waals surface area contributed by atoms with Gasteiger partial charge in [-0.1, -0.05) is 0 Å². The first kappa shape index (κ1) is 15.4. The third-order valence-electron chi connectivity index (χ3n) is 3.42. The van der Waals surface area contributed by atoms with Crippen LogP contribution in [-0.2, 0) is 4.79 Å². The average Bonchev–Trinajstić information content (AvgIpc) is 2.70. The summed E-state index contributed by atoms with van der Waals surface area (Å²) in [6.45, 7) is 5.80. The van der Waals surface area contributed by atoms with Gasteiger partial charge in [-0.2, -0.15) is 0 Å². The van der Waals surface area contributed by atoms with Crippen LogP contribution in [0.4, 0.5) is 10.5 Å². The molecule has 1 fully saturated rings. The minimum Gasteiger partial charge on any atom is -0.507 e. The Labute approximate surface area is 128 Å². The number of amides is 2. The van der Waals surface area contributed by atoms with E-state index in [0.29, 0.717) is 10.5 Å². The molecule has 1 aromatic carbocycles. The summed E-state index contributed by atoms with van der Waals surface area (Å²) in [5.41, 5.74) is 1.46. The van der Waals surface area contributed by atoms with Gasteiger partial charge in [0.2, 0.25) is 0 Å². The van der Waals surface area contributed by atoms with Gasteiger partial charge in [0, 0.05) is 37.5 Å². The van der Waals surface area contributed by atoms with Gasteiger partial charge in [-0.25, -0.2) is 0 Å². The molecule has 0 aliphatic carbocycles. The molecule has 112 valence electrons. The predicted octanol–water partition coefficient (Wildman–Crippen LogP) is 2.90. The number of imide groups is 1.